The monoisotopic (exact) mass is 575 g/mol. The van der Waals surface area contributed by atoms with Crippen molar-refractivity contribution < 1.29 is 33.3 Å². The average Bonchev–Trinajstić information content (AvgIpc) is 3.28. The highest BCUT2D eigenvalue weighted by molar-refractivity contribution is 5.69. The van der Waals surface area contributed by atoms with E-state index in [9.17, 15) is 14.4 Å². The van der Waals surface area contributed by atoms with Gasteiger partial charge in [0.05, 0.1) is 19.8 Å². The fourth-order valence-corrected chi connectivity index (χ4v) is 9.88. The molecule has 4 fully saturated rings. The van der Waals surface area contributed by atoms with Gasteiger partial charge in [0, 0.05) is 43.1 Å². The van der Waals surface area contributed by atoms with E-state index >= 15 is 0 Å². The van der Waals surface area contributed by atoms with Crippen molar-refractivity contribution in [2.75, 3.05) is 20.3 Å². The molecule has 10 heteroatoms. The van der Waals surface area contributed by atoms with E-state index in [1.165, 1.54) is 21.0 Å². The second-order valence-corrected chi connectivity index (χ2v) is 13.6. The van der Waals surface area contributed by atoms with Gasteiger partial charge < -0.3 is 18.9 Å². The van der Waals surface area contributed by atoms with Crippen LogP contribution in [0.2, 0.25) is 0 Å². The smallest absolute Gasteiger partial charge is 0.305 e. The molecule has 0 radical (unpaired) electrons. The summed E-state index contributed by atoms with van der Waals surface area (Å²) in [5, 5.41) is 3.60. The van der Waals surface area contributed by atoms with E-state index in [1.54, 1.807) is 0 Å². The molecular formula is C31H49N3O7. The molecule has 0 amide bonds. The lowest BCUT2D eigenvalue weighted by Gasteiger charge is -2.64. The van der Waals surface area contributed by atoms with Gasteiger partial charge in [0.25, 0.3) is 0 Å². The summed E-state index contributed by atoms with van der Waals surface area (Å²) in [7, 11) is 1.42. The molecule has 4 rings (SSSR count). The van der Waals surface area contributed by atoms with Crippen LogP contribution < -0.4 is 0 Å². The van der Waals surface area contributed by atoms with Crippen LogP contribution in [0, 0.1) is 46.3 Å². The molecule has 230 valence electrons. The van der Waals surface area contributed by atoms with Gasteiger partial charge >= 0.3 is 17.9 Å². The molecule has 4 aliphatic carbocycles. The number of azide groups is 1. The summed E-state index contributed by atoms with van der Waals surface area (Å²) < 4.78 is 23.4. The number of nitrogens with zero attached hydrogens (tertiary/aromatic N) is 3. The van der Waals surface area contributed by atoms with Crippen molar-refractivity contribution in [2.45, 2.75) is 111 Å². The third-order valence-electron chi connectivity index (χ3n) is 11.7. The maximum absolute atomic E-state index is 12.5. The fourth-order valence-electron chi connectivity index (χ4n) is 9.88. The van der Waals surface area contributed by atoms with E-state index in [0.717, 1.165) is 51.4 Å². The molecule has 0 heterocycles. The summed E-state index contributed by atoms with van der Waals surface area (Å²) >= 11 is 0. The number of esters is 3. The Morgan fingerprint density at radius 3 is 2.41 bits per heavy atom. The van der Waals surface area contributed by atoms with Crippen LogP contribution >= 0.6 is 0 Å². The van der Waals surface area contributed by atoms with Gasteiger partial charge in [-0.3, -0.25) is 14.4 Å². The van der Waals surface area contributed by atoms with Crippen LogP contribution in [0.4, 0.5) is 0 Å². The zero-order valence-electron chi connectivity index (χ0n) is 25.7. The lowest BCUT2D eigenvalue weighted by Crippen LogP contribution is -2.63. The largest absolute Gasteiger partial charge is 0.469 e. The van der Waals surface area contributed by atoms with Crippen LogP contribution in [0.5, 0.6) is 0 Å². The first-order chi connectivity index (χ1) is 19.4. The molecule has 11 atom stereocenters. The summed E-state index contributed by atoms with van der Waals surface area (Å²) in [6.45, 7) is 10.6. The Morgan fingerprint density at radius 2 is 1.76 bits per heavy atom. The van der Waals surface area contributed by atoms with Gasteiger partial charge in [0.2, 0.25) is 0 Å². The molecule has 10 nitrogen and oxygen atoms in total. The number of hydrogen-bond acceptors (Lipinski definition) is 8. The second kappa shape index (κ2) is 12.9. The quantitative estimate of drug-likeness (QED) is 0.0776. The van der Waals surface area contributed by atoms with Gasteiger partial charge in [0.1, 0.15) is 12.2 Å². The molecule has 0 aliphatic heterocycles. The van der Waals surface area contributed by atoms with E-state index in [4.69, 9.17) is 24.5 Å². The highest BCUT2D eigenvalue weighted by Gasteiger charge is 2.67. The Hall–Kier alpha value is -2.32. The minimum Gasteiger partial charge on any atom is -0.469 e. The molecule has 0 aromatic carbocycles. The Balaban J connectivity index is 1.64. The van der Waals surface area contributed by atoms with Crippen molar-refractivity contribution in [3.63, 3.8) is 0 Å². The summed E-state index contributed by atoms with van der Waals surface area (Å²) in [5.74, 6) is 0.837. The van der Waals surface area contributed by atoms with Crippen LogP contribution in [0.3, 0.4) is 0 Å². The number of hydrogen-bond donors (Lipinski definition) is 0. The SMILES string of the molecule is COC(=O)CC[C@@H](C)[C@H]1CC[C@H]2[C@@H]3[C@H](OC(C)=O)C[C@@H]4C[C@H](OCCN=[N+]=[N-])CC[C@]4(C)[C@H]3C[C@H](OC(C)=O)[C@]12C. The van der Waals surface area contributed by atoms with E-state index in [0.29, 0.717) is 25.5 Å². The Bertz CT molecular complexity index is 1030. The maximum atomic E-state index is 12.5. The first kappa shape index (κ1) is 31.6. The van der Waals surface area contributed by atoms with Gasteiger partial charge in [-0.15, -0.1) is 0 Å². The number of carbonyl (C=O) groups excluding carboxylic acids is 3. The van der Waals surface area contributed by atoms with Crippen molar-refractivity contribution in [3.8, 4) is 0 Å². The van der Waals surface area contributed by atoms with Crippen LogP contribution in [-0.4, -0.2) is 56.5 Å². The van der Waals surface area contributed by atoms with Crippen LogP contribution in [0.15, 0.2) is 5.11 Å². The molecule has 4 saturated carbocycles. The van der Waals surface area contributed by atoms with Gasteiger partial charge in [0.15, 0.2) is 0 Å². The van der Waals surface area contributed by atoms with Crippen molar-refractivity contribution in [1.29, 1.82) is 0 Å². The van der Waals surface area contributed by atoms with E-state index in [-0.39, 0.29) is 76.6 Å². The van der Waals surface area contributed by atoms with Gasteiger partial charge in [-0.1, -0.05) is 25.9 Å². The minimum atomic E-state index is -0.272. The maximum Gasteiger partial charge on any atom is 0.305 e. The highest BCUT2D eigenvalue weighted by atomic mass is 16.5. The zero-order chi connectivity index (χ0) is 29.9. The number of rotatable bonds is 10. The molecule has 0 bridgehead atoms. The van der Waals surface area contributed by atoms with Crippen molar-refractivity contribution in [1.82, 2.24) is 0 Å². The molecule has 41 heavy (non-hydrogen) atoms. The van der Waals surface area contributed by atoms with Crippen molar-refractivity contribution >= 4 is 17.9 Å². The molecule has 0 aromatic heterocycles. The Morgan fingerprint density at radius 1 is 1.02 bits per heavy atom. The number of carbonyl (C=O) groups is 3. The topological polar surface area (TPSA) is 137 Å². The third kappa shape index (κ3) is 6.24. The second-order valence-electron chi connectivity index (χ2n) is 13.6. The van der Waals surface area contributed by atoms with Crippen molar-refractivity contribution in [2.24, 2.45) is 51.5 Å². The summed E-state index contributed by atoms with van der Waals surface area (Å²) in [6, 6.07) is 0. The molecule has 0 spiro atoms. The Kier molecular flexibility index (Phi) is 9.95. The fraction of sp³-hybridized carbons (Fsp3) is 0.903. The standard InChI is InChI=1S/C31H49N3O7/c1-18(7-10-28(37)38-6)23-8-9-24-29-25(17-27(31(23,24)5)41-20(3)36)30(4)12-11-22(39-14-13-33-34-32)15-21(30)16-26(29)40-19(2)35/h18,21-27,29H,7-17H2,1-6H3/t18-,21+,22-,23-,24+,25+,26-,27+,29+,30+,31-/m1/s1. The van der Waals surface area contributed by atoms with Gasteiger partial charge in [-0.05, 0) is 91.9 Å². The van der Waals surface area contributed by atoms with Gasteiger partial charge in [-0.2, -0.15) is 0 Å². The normalized spacial score (nSPS) is 40.1. The first-order valence-electron chi connectivity index (χ1n) is 15.5. The van der Waals surface area contributed by atoms with Crippen LogP contribution in [-0.2, 0) is 33.3 Å². The highest BCUT2D eigenvalue weighted by Crippen LogP contribution is 2.69. The summed E-state index contributed by atoms with van der Waals surface area (Å²) in [4.78, 5) is 39.7. The molecule has 0 aromatic rings. The number of methoxy groups -OCH3 is 1. The lowest BCUT2D eigenvalue weighted by atomic mass is 9.43. The van der Waals surface area contributed by atoms with Crippen LogP contribution in [0.1, 0.15) is 92.4 Å². The molecule has 0 N–H and O–H groups in total. The predicted molar refractivity (Wildman–Crippen MR) is 151 cm³/mol. The zero-order valence-corrected chi connectivity index (χ0v) is 25.7. The Labute approximate surface area is 244 Å². The molecule has 0 saturated heterocycles. The third-order valence-corrected chi connectivity index (χ3v) is 11.7. The summed E-state index contributed by atoms with van der Waals surface area (Å²) in [5.41, 5.74) is 8.32. The van der Waals surface area contributed by atoms with Crippen molar-refractivity contribution in [3.05, 3.63) is 10.4 Å². The number of ether oxygens (including phenoxy) is 4. The van der Waals surface area contributed by atoms with Gasteiger partial charge in [-0.25, -0.2) is 0 Å². The molecular weight excluding hydrogens is 526 g/mol. The number of fused-ring (bicyclic) bond motifs is 5. The van der Waals surface area contributed by atoms with E-state index in [1.807, 2.05) is 0 Å². The predicted octanol–water partition coefficient (Wildman–Crippen LogP) is 6.01. The molecule has 0 unspecified atom stereocenters. The van der Waals surface area contributed by atoms with E-state index in [2.05, 4.69) is 30.8 Å². The van der Waals surface area contributed by atoms with E-state index < -0.39 is 0 Å². The lowest BCUT2D eigenvalue weighted by molar-refractivity contribution is -0.224. The first-order valence-corrected chi connectivity index (χ1v) is 15.5. The minimum absolute atomic E-state index is 0.0142. The summed E-state index contributed by atoms with van der Waals surface area (Å²) in [6.07, 6.45) is 7.12. The average molecular weight is 576 g/mol. The van der Waals surface area contributed by atoms with Crippen LogP contribution in [0.25, 0.3) is 10.4 Å². The molecule has 4 aliphatic rings.